The number of nitrogens with one attached hydrogen (secondary N) is 1. The maximum absolute atomic E-state index is 12.3. The molecule has 2 amide bonds. The highest BCUT2D eigenvalue weighted by Crippen LogP contribution is 2.35. The molecule has 0 saturated heterocycles. The minimum absolute atomic E-state index is 0.00462. The summed E-state index contributed by atoms with van der Waals surface area (Å²) in [5.74, 6) is -0.506. The number of aromatic nitrogens is 1. The lowest BCUT2D eigenvalue weighted by Gasteiger charge is -2.18. The van der Waals surface area contributed by atoms with E-state index in [1.165, 1.54) is 19.3 Å². The van der Waals surface area contributed by atoms with Gasteiger partial charge in [0.1, 0.15) is 5.82 Å². The summed E-state index contributed by atoms with van der Waals surface area (Å²) in [6.07, 6.45) is 3.69. The fourth-order valence-electron chi connectivity index (χ4n) is 2.74. The predicted molar refractivity (Wildman–Crippen MR) is 119 cm³/mol. The molecule has 1 unspecified atom stereocenters. The van der Waals surface area contributed by atoms with Gasteiger partial charge in [0.15, 0.2) is 0 Å². The average molecular weight is 433 g/mol. The molecule has 1 heterocycles. The molecule has 29 heavy (non-hydrogen) atoms. The van der Waals surface area contributed by atoms with Crippen LogP contribution in [-0.4, -0.2) is 23.0 Å². The summed E-state index contributed by atoms with van der Waals surface area (Å²) in [6, 6.07) is 8.35. The van der Waals surface area contributed by atoms with Gasteiger partial charge in [0.2, 0.25) is 5.91 Å². The number of allylic oxidation sites excluding steroid dienone is 1. The van der Waals surface area contributed by atoms with Crippen LogP contribution < -0.4 is 11.1 Å². The van der Waals surface area contributed by atoms with Gasteiger partial charge in [0.05, 0.1) is 11.3 Å². The molecule has 2 rings (SSSR count). The Morgan fingerprint density at radius 2 is 2.00 bits per heavy atom. The highest BCUT2D eigenvalue weighted by Gasteiger charge is 2.20. The minimum Gasteiger partial charge on any atom is -0.366 e. The van der Waals surface area contributed by atoms with E-state index in [-0.39, 0.29) is 17.4 Å². The minimum atomic E-state index is -0.619. The summed E-state index contributed by atoms with van der Waals surface area (Å²) in [6.45, 7) is 5.38. The highest BCUT2D eigenvalue weighted by molar-refractivity contribution is 6.36. The Kier molecular flexibility index (Phi) is 7.93. The van der Waals surface area contributed by atoms with E-state index in [2.05, 4.69) is 15.3 Å². The van der Waals surface area contributed by atoms with Gasteiger partial charge in [-0.05, 0) is 41.7 Å². The Morgan fingerprint density at radius 3 is 2.59 bits per heavy atom. The van der Waals surface area contributed by atoms with Crippen LogP contribution in [0.3, 0.4) is 0 Å². The normalized spacial score (nSPS) is 13.1. The van der Waals surface area contributed by atoms with Crippen LogP contribution in [0, 0.1) is 5.92 Å². The van der Waals surface area contributed by atoms with Crippen molar-refractivity contribution in [1.29, 1.82) is 0 Å². The van der Waals surface area contributed by atoms with Crippen LogP contribution in [0.25, 0.3) is 5.57 Å². The summed E-state index contributed by atoms with van der Waals surface area (Å²) in [5, 5.41) is 3.51. The fourth-order valence-corrected chi connectivity index (χ4v) is 3.25. The number of halogens is 2. The van der Waals surface area contributed by atoms with Gasteiger partial charge < -0.3 is 11.1 Å². The van der Waals surface area contributed by atoms with E-state index in [0.717, 1.165) is 6.42 Å². The zero-order valence-electron chi connectivity index (χ0n) is 16.4. The van der Waals surface area contributed by atoms with Gasteiger partial charge >= 0.3 is 0 Å². The molecule has 3 N–H and O–H groups in total. The number of nitrogens with two attached hydrogens (primary N) is 1. The van der Waals surface area contributed by atoms with Crippen molar-refractivity contribution in [3.63, 3.8) is 0 Å². The summed E-state index contributed by atoms with van der Waals surface area (Å²) in [5.41, 5.74) is 7.82. The molecule has 0 bridgehead atoms. The van der Waals surface area contributed by atoms with Gasteiger partial charge in [0, 0.05) is 35.4 Å². The van der Waals surface area contributed by atoms with E-state index < -0.39 is 5.91 Å². The lowest BCUT2D eigenvalue weighted by atomic mass is 9.87. The van der Waals surface area contributed by atoms with Crippen molar-refractivity contribution in [3.05, 3.63) is 57.7 Å². The molecule has 6 nitrogen and oxygen atoms in total. The van der Waals surface area contributed by atoms with Crippen LogP contribution in [0.1, 0.15) is 32.8 Å². The lowest BCUT2D eigenvalue weighted by molar-refractivity contribution is -0.115. The molecule has 2 aromatic rings. The first-order chi connectivity index (χ1) is 13.7. The first-order valence-corrected chi connectivity index (χ1v) is 9.75. The number of anilines is 1. The zero-order valence-corrected chi connectivity index (χ0v) is 17.9. The number of hydrogen-bond donors (Lipinski definition) is 2. The van der Waals surface area contributed by atoms with Crippen LogP contribution >= 0.6 is 23.2 Å². The summed E-state index contributed by atoms with van der Waals surface area (Å²) < 4.78 is 0. The number of primary amides is 1. The number of nitrogens with zero attached hydrogens (tertiary/aromatic N) is 2. The molecule has 1 aromatic heterocycles. The first kappa shape index (κ1) is 22.6. The van der Waals surface area contributed by atoms with Crippen LogP contribution in [0.5, 0.6) is 0 Å². The predicted octanol–water partition coefficient (Wildman–Crippen LogP) is 5.03. The molecule has 1 aromatic carbocycles. The second-order valence-electron chi connectivity index (χ2n) is 6.46. The number of amides is 2. The number of benzene rings is 1. The number of rotatable bonds is 7. The topological polar surface area (TPSA) is 97.4 Å². The van der Waals surface area contributed by atoms with Crippen molar-refractivity contribution in [3.8, 4) is 0 Å². The number of aliphatic imine (C=N–C) groups is 1. The Labute approximate surface area is 179 Å². The number of hydrogen-bond acceptors (Lipinski definition) is 4. The first-order valence-electron chi connectivity index (χ1n) is 9.00. The Morgan fingerprint density at radius 1 is 1.28 bits per heavy atom. The van der Waals surface area contributed by atoms with Gasteiger partial charge in [-0.3, -0.25) is 14.6 Å². The third-order valence-electron chi connectivity index (χ3n) is 4.27. The monoisotopic (exact) mass is 432 g/mol. The van der Waals surface area contributed by atoms with E-state index in [1.54, 1.807) is 30.3 Å². The number of carbonyl (C=O) groups excluding carboxylic acids is 2. The van der Waals surface area contributed by atoms with Crippen molar-refractivity contribution >= 4 is 58.3 Å². The largest absolute Gasteiger partial charge is 0.366 e. The lowest BCUT2D eigenvalue weighted by Crippen LogP contribution is -2.19. The standard InChI is InChI=1S/C21H22Cl2N4O2/c1-4-12(2)20(16-6-5-14(22)9-18(16)23)17(21(24)29)11-26-15-7-8-25-19(10-15)27-13(3)28/h5-12H,4H2,1-3H3,(H2,24,29)(H,25,27,28)/b20-17-,26-11?. The maximum atomic E-state index is 12.3. The Balaban J connectivity index is 2.57. The fraction of sp³-hybridized carbons (Fsp3) is 0.238. The van der Waals surface area contributed by atoms with Crippen molar-refractivity contribution in [2.75, 3.05) is 5.32 Å². The van der Waals surface area contributed by atoms with Gasteiger partial charge in [0.25, 0.3) is 5.91 Å². The average Bonchev–Trinajstić information content (AvgIpc) is 2.65. The van der Waals surface area contributed by atoms with E-state index in [9.17, 15) is 9.59 Å². The SMILES string of the molecule is CCC(C)/C(=C(\C=Nc1ccnc(NC(C)=O)c1)C(N)=O)c1ccc(Cl)cc1Cl. The molecule has 1 atom stereocenters. The van der Waals surface area contributed by atoms with E-state index in [4.69, 9.17) is 28.9 Å². The second kappa shape index (κ2) is 10.2. The Hall–Kier alpha value is -2.70. The zero-order chi connectivity index (χ0) is 21.6. The molecular weight excluding hydrogens is 411 g/mol. The van der Waals surface area contributed by atoms with Crippen molar-refractivity contribution in [2.24, 2.45) is 16.6 Å². The third kappa shape index (κ3) is 6.14. The molecule has 0 radical (unpaired) electrons. The number of pyridine rings is 1. The van der Waals surface area contributed by atoms with Gasteiger partial charge in [-0.1, -0.05) is 43.1 Å². The third-order valence-corrected chi connectivity index (χ3v) is 4.82. The summed E-state index contributed by atoms with van der Waals surface area (Å²) in [7, 11) is 0. The second-order valence-corrected chi connectivity index (χ2v) is 7.31. The molecule has 0 saturated carbocycles. The maximum Gasteiger partial charge on any atom is 0.250 e. The van der Waals surface area contributed by atoms with Crippen LogP contribution in [0.4, 0.5) is 11.5 Å². The van der Waals surface area contributed by atoms with Crippen molar-refractivity contribution in [2.45, 2.75) is 27.2 Å². The molecule has 0 aliphatic carbocycles. The molecule has 152 valence electrons. The van der Waals surface area contributed by atoms with E-state index >= 15 is 0 Å². The van der Waals surface area contributed by atoms with E-state index in [0.29, 0.717) is 32.7 Å². The quantitative estimate of drug-likeness (QED) is 0.473. The number of carbonyl (C=O) groups is 2. The Bertz CT molecular complexity index is 986. The van der Waals surface area contributed by atoms with Gasteiger partial charge in [-0.25, -0.2) is 4.98 Å². The molecule has 0 aliphatic heterocycles. The molecule has 0 spiro atoms. The van der Waals surface area contributed by atoms with Crippen LogP contribution in [-0.2, 0) is 9.59 Å². The van der Waals surface area contributed by atoms with Crippen molar-refractivity contribution in [1.82, 2.24) is 4.98 Å². The van der Waals surface area contributed by atoms with E-state index in [1.807, 2.05) is 13.8 Å². The summed E-state index contributed by atoms with van der Waals surface area (Å²) >= 11 is 12.4. The van der Waals surface area contributed by atoms with Crippen LogP contribution in [0.2, 0.25) is 10.0 Å². The smallest absolute Gasteiger partial charge is 0.250 e. The summed E-state index contributed by atoms with van der Waals surface area (Å²) in [4.78, 5) is 31.9. The highest BCUT2D eigenvalue weighted by atomic mass is 35.5. The van der Waals surface area contributed by atoms with Gasteiger partial charge in [-0.2, -0.15) is 0 Å². The molecule has 0 fully saturated rings. The molecular formula is C21H22Cl2N4O2. The molecule has 0 aliphatic rings. The van der Waals surface area contributed by atoms with Crippen molar-refractivity contribution < 1.29 is 9.59 Å². The van der Waals surface area contributed by atoms with Crippen LogP contribution in [0.15, 0.2) is 47.1 Å². The van der Waals surface area contributed by atoms with Gasteiger partial charge in [-0.15, -0.1) is 0 Å². The molecule has 8 heteroatoms.